The Balaban J connectivity index is 1.71. The first-order valence-electron chi connectivity index (χ1n) is 8.21. The van der Waals surface area contributed by atoms with Crippen molar-refractivity contribution in [3.8, 4) is 11.8 Å². The first-order valence-corrected chi connectivity index (χ1v) is 8.21. The van der Waals surface area contributed by atoms with Crippen LogP contribution in [0, 0.1) is 0 Å². The average molecular weight is 343 g/mol. The molecule has 8 nitrogen and oxygen atoms in total. The number of hydrogen-bond donors (Lipinski definition) is 3. The Morgan fingerprint density at radius 2 is 1.79 bits per heavy atom. The van der Waals surface area contributed by atoms with Crippen LogP contribution in [0.5, 0.6) is 11.8 Å². The first-order chi connectivity index (χ1) is 11.4. The fourth-order valence-corrected chi connectivity index (χ4v) is 2.95. The zero-order valence-corrected chi connectivity index (χ0v) is 14.1. The Morgan fingerprint density at radius 3 is 2.38 bits per heavy atom. The van der Waals surface area contributed by atoms with Gasteiger partial charge >= 0.3 is 5.97 Å². The van der Waals surface area contributed by atoms with Crippen LogP contribution < -0.4 is 10.2 Å². The number of nitrogens with zero attached hydrogens (tertiary/aromatic N) is 2. The maximum atomic E-state index is 12.0. The van der Waals surface area contributed by atoms with Crippen LogP contribution in [0.3, 0.4) is 0 Å². The van der Waals surface area contributed by atoms with E-state index in [-0.39, 0.29) is 30.6 Å². The second-order valence-corrected chi connectivity index (χ2v) is 6.21. The lowest BCUT2D eigenvalue weighted by atomic mass is 10.0. The third kappa shape index (κ3) is 4.64. The van der Waals surface area contributed by atoms with E-state index in [9.17, 15) is 19.8 Å². The Bertz CT molecular complexity index is 557. The van der Waals surface area contributed by atoms with Crippen molar-refractivity contribution in [3.05, 3.63) is 12.1 Å². The van der Waals surface area contributed by atoms with Crippen molar-refractivity contribution in [3.63, 3.8) is 0 Å². The summed E-state index contributed by atoms with van der Waals surface area (Å²) in [4.78, 5) is 30.7. The van der Waals surface area contributed by atoms with E-state index in [1.54, 1.807) is 0 Å². The largest absolute Gasteiger partial charge is 0.492 e. The Labute approximate surface area is 141 Å². The minimum Gasteiger partial charge on any atom is -0.492 e. The van der Waals surface area contributed by atoms with Gasteiger partial charge in [-0.05, 0) is 26.7 Å². The SMILES string of the molecule is C[C@@H]1CCC[C@H]([13CH3])N1[13CH2][13C](=O)[15NH]CCC(=O)On1c(O)ccc1O. The summed E-state index contributed by atoms with van der Waals surface area (Å²) >= 11 is 0. The van der Waals surface area contributed by atoms with Gasteiger partial charge in [0.25, 0.3) is 0 Å². The summed E-state index contributed by atoms with van der Waals surface area (Å²) in [6, 6.07) is 3.16. The molecular formula is C16H25N3O5. The van der Waals surface area contributed by atoms with Crippen molar-refractivity contribution in [2.45, 2.75) is 51.6 Å². The summed E-state index contributed by atoms with van der Waals surface area (Å²) < 4.78 is 0.626. The van der Waals surface area contributed by atoms with Gasteiger partial charge in [-0.25, -0.2) is 4.79 Å². The van der Waals surface area contributed by atoms with Gasteiger partial charge in [0.1, 0.15) is 0 Å². The maximum absolute atomic E-state index is 12.0. The molecule has 0 unspecified atom stereocenters. The molecule has 3 N–H and O–H groups in total. The van der Waals surface area contributed by atoms with Gasteiger partial charge in [-0.2, -0.15) is 0 Å². The molecule has 0 aromatic carbocycles. The van der Waals surface area contributed by atoms with Crippen LogP contribution in [-0.4, -0.2) is 56.9 Å². The zero-order valence-electron chi connectivity index (χ0n) is 14.1. The number of carbonyl (C=O) groups is 2. The quantitative estimate of drug-likeness (QED) is 0.517. The van der Waals surface area contributed by atoms with Crippen molar-refractivity contribution in [2.75, 3.05) is 13.1 Å². The van der Waals surface area contributed by atoms with E-state index in [1.165, 1.54) is 18.6 Å². The van der Waals surface area contributed by atoms with Crippen molar-refractivity contribution in [1.82, 2.24) is 14.9 Å². The number of nitrogens with one attached hydrogen (secondary N) is 1. The molecular weight excluding hydrogens is 318 g/mol. The molecule has 24 heavy (non-hydrogen) atoms. The minimum absolute atomic E-state index is 0.0616. The van der Waals surface area contributed by atoms with E-state index < -0.39 is 5.97 Å². The standard InChI is InChI=1S/C16H25N3O5/c1-11-4-3-5-12(2)18(11)10-13(20)17-9-8-16(23)24-19-14(21)6-7-15(19)22/h6-7,11-12,21-22H,3-5,8-10H2,1-2H3,(H,17,20)/t11-,12+/i1+1,10+1,13+1,17+1/m0/s1. The number of aromatic nitrogens is 1. The van der Waals surface area contributed by atoms with Crippen molar-refractivity contribution < 1.29 is 24.6 Å². The number of carbonyl (C=O) groups excluding carboxylic acids is 2. The molecule has 1 fully saturated rings. The number of likely N-dealkylation sites (tertiary alicyclic amines) is 1. The van der Waals surface area contributed by atoms with Gasteiger partial charge in [-0.3, -0.25) is 9.69 Å². The van der Waals surface area contributed by atoms with Crippen LogP contribution in [0.25, 0.3) is 0 Å². The maximum Gasteiger partial charge on any atom is 0.334 e. The number of hydrogen-bond acceptors (Lipinski definition) is 6. The summed E-state index contributed by atoms with van der Waals surface area (Å²) in [6.07, 6.45) is 3.31. The second-order valence-electron chi connectivity index (χ2n) is 6.21. The molecule has 1 aromatic heterocycles. The van der Waals surface area contributed by atoms with Gasteiger partial charge in [0, 0.05) is 30.8 Å². The van der Waals surface area contributed by atoms with E-state index >= 15 is 0 Å². The monoisotopic (exact) mass is 343 g/mol. The van der Waals surface area contributed by atoms with Gasteiger partial charge in [0.2, 0.25) is 17.7 Å². The summed E-state index contributed by atoms with van der Waals surface area (Å²) in [5.74, 6) is -1.55. The molecule has 0 spiro atoms. The van der Waals surface area contributed by atoms with Crippen LogP contribution in [0.4, 0.5) is 0 Å². The van der Waals surface area contributed by atoms with Crippen LogP contribution in [0.1, 0.15) is 39.5 Å². The van der Waals surface area contributed by atoms with Crippen molar-refractivity contribution in [2.24, 2.45) is 0 Å². The van der Waals surface area contributed by atoms with Gasteiger partial charge in [0.15, 0.2) is 0 Å². The van der Waals surface area contributed by atoms with Crippen molar-refractivity contribution >= 4 is 11.9 Å². The summed E-state index contributed by atoms with van der Waals surface area (Å²) in [5.41, 5.74) is 0. The van der Waals surface area contributed by atoms with Gasteiger partial charge in [0.05, 0.1) is 13.0 Å². The smallest absolute Gasteiger partial charge is 0.334 e. The molecule has 0 saturated carbocycles. The molecule has 1 aliphatic heterocycles. The van der Waals surface area contributed by atoms with E-state index in [0.29, 0.717) is 23.4 Å². The lowest BCUT2D eigenvalue weighted by molar-refractivity contribution is -0.145. The van der Waals surface area contributed by atoms with E-state index in [4.69, 9.17) is 4.84 Å². The molecule has 2 rings (SSSR count). The molecule has 2 atom stereocenters. The van der Waals surface area contributed by atoms with E-state index in [2.05, 4.69) is 24.1 Å². The predicted octanol–water partition coefficient (Wildman–Crippen LogP) is 0.624. The minimum atomic E-state index is -0.670. The summed E-state index contributed by atoms with van der Waals surface area (Å²) in [5, 5.41) is 21.4. The second kappa shape index (κ2) is 8.05. The normalized spacial score (nSPS) is 21.4. The highest BCUT2D eigenvalue weighted by atomic mass is 16.7. The number of amides is 1. The Morgan fingerprint density at radius 1 is 1.21 bits per heavy atom. The first kappa shape index (κ1) is 18.1. The highest BCUT2D eigenvalue weighted by Crippen LogP contribution is 2.21. The molecule has 1 aromatic rings. The van der Waals surface area contributed by atoms with Crippen LogP contribution in [-0.2, 0) is 9.59 Å². The van der Waals surface area contributed by atoms with Crippen LogP contribution in [0.15, 0.2) is 12.1 Å². The Kier molecular flexibility index (Phi) is 6.08. The lowest BCUT2D eigenvalue weighted by Gasteiger charge is -2.38. The molecule has 0 radical (unpaired) electrons. The highest BCUT2D eigenvalue weighted by Gasteiger charge is 2.26. The number of aromatic hydroxyl groups is 2. The highest BCUT2D eigenvalue weighted by molar-refractivity contribution is 5.79. The van der Waals surface area contributed by atoms with Gasteiger partial charge < -0.3 is 20.4 Å². The molecule has 2 heterocycles. The Hall–Kier alpha value is -2.22. The summed E-state index contributed by atoms with van der Waals surface area (Å²) in [7, 11) is 0. The molecule has 1 saturated heterocycles. The molecule has 1 amide bonds. The molecule has 0 aliphatic carbocycles. The molecule has 134 valence electrons. The lowest BCUT2D eigenvalue weighted by Crippen LogP contribution is -2.48. The average Bonchev–Trinajstić information content (AvgIpc) is 2.83. The van der Waals surface area contributed by atoms with Crippen molar-refractivity contribution in [1.29, 1.82) is 0 Å². The predicted molar refractivity (Wildman–Crippen MR) is 86.5 cm³/mol. The molecule has 0 bridgehead atoms. The van der Waals surface area contributed by atoms with Gasteiger partial charge in [-0.15, -0.1) is 4.73 Å². The third-order valence-electron chi connectivity index (χ3n) is 4.34. The fraction of sp³-hybridized carbons (Fsp3) is 0.625. The number of piperidine rings is 1. The third-order valence-corrected chi connectivity index (χ3v) is 4.34. The van der Waals surface area contributed by atoms with Crippen LogP contribution >= 0.6 is 0 Å². The zero-order chi connectivity index (χ0) is 17.7. The summed E-state index contributed by atoms with van der Waals surface area (Å²) in [6.45, 7) is 4.69. The molecule has 8 heteroatoms. The topological polar surface area (TPSA) is 104 Å². The van der Waals surface area contributed by atoms with E-state index in [0.717, 1.165) is 12.8 Å². The van der Waals surface area contributed by atoms with Crippen LogP contribution in [0.2, 0.25) is 0 Å². The molecule has 1 aliphatic rings. The van der Waals surface area contributed by atoms with E-state index in [1.807, 2.05) is 0 Å². The fourth-order valence-electron chi connectivity index (χ4n) is 2.95. The van der Waals surface area contributed by atoms with Gasteiger partial charge in [-0.1, -0.05) is 6.42 Å². The number of rotatable bonds is 6.